The number of quaternary nitrogens is 2. The Labute approximate surface area is 68.6 Å². The lowest BCUT2D eigenvalue weighted by Crippen LogP contribution is -3.27. The maximum atomic E-state index is 8.63. The third-order valence-corrected chi connectivity index (χ3v) is 2.50. The zero-order valence-corrected chi connectivity index (χ0v) is 7.40. The second-order valence-corrected chi connectivity index (χ2v) is 3.53. The monoisotopic (exact) mass is 160 g/mol. The molecule has 1 saturated heterocycles. The van der Waals surface area contributed by atoms with Crippen LogP contribution in [0.3, 0.4) is 0 Å². The van der Waals surface area contributed by atoms with Crippen LogP contribution in [0.5, 0.6) is 0 Å². The molecule has 1 fully saturated rings. The van der Waals surface area contributed by atoms with E-state index in [1.165, 1.54) is 26.2 Å². The number of nitrogens with one attached hydrogen (secondary N) is 2. The molecule has 0 spiro atoms. The van der Waals surface area contributed by atoms with Crippen LogP contribution in [0.15, 0.2) is 0 Å². The Bertz CT molecular complexity index is 97.5. The van der Waals surface area contributed by atoms with Gasteiger partial charge in [0.05, 0.1) is 13.6 Å². The lowest BCUT2D eigenvalue weighted by molar-refractivity contribution is -1.00. The van der Waals surface area contributed by atoms with E-state index >= 15 is 0 Å². The average Bonchev–Trinajstić information content (AvgIpc) is 2.04. The van der Waals surface area contributed by atoms with E-state index in [-0.39, 0.29) is 0 Å². The molecule has 1 aliphatic heterocycles. The number of aliphatic hydroxyl groups is 1. The Morgan fingerprint density at radius 3 is 2.36 bits per heavy atom. The molecule has 0 atom stereocenters. The van der Waals surface area contributed by atoms with E-state index in [9.17, 15) is 0 Å². The second kappa shape index (κ2) is 4.70. The van der Waals surface area contributed by atoms with Crippen molar-refractivity contribution in [2.75, 3.05) is 46.4 Å². The van der Waals surface area contributed by atoms with Crippen LogP contribution in [-0.4, -0.2) is 51.5 Å². The number of piperazine rings is 1. The van der Waals surface area contributed by atoms with Gasteiger partial charge in [0, 0.05) is 13.0 Å². The fourth-order valence-electron chi connectivity index (χ4n) is 1.61. The molecule has 0 aromatic rings. The van der Waals surface area contributed by atoms with E-state index in [0.717, 1.165) is 13.0 Å². The van der Waals surface area contributed by atoms with Gasteiger partial charge in [0.2, 0.25) is 0 Å². The van der Waals surface area contributed by atoms with Gasteiger partial charge >= 0.3 is 0 Å². The van der Waals surface area contributed by atoms with Crippen LogP contribution in [0.25, 0.3) is 0 Å². The van der Waals surface area contributed by atoms with Gasteiger partial charge in [0.15, 0.2) is 0 Å². The molecule has 1 aliphatic rings. The Morgan fingerprint density at radius 1 is 1.18 bits per heavy atom. The Balaban J connectivity index is 2.07. The molecule has 0 radical (unpaired) electrons. The van der Waals surface area contributed by atoms with Crippen LogP contribution in [0, 0.1) is 0 Å². The number of hydrogen-bond donors (Lipinski definition) is 3. The van der Waals surface area contributed by atoms with Crippen molar-refractivity contribution in [1.82, 2.24) is 0 Å². The molecule has 66 valence electrons. The quantitative estimate of drug-likeness (QED) is 0.398. The minimum absolute atomic E-state index is 0.353. The summed E-state index contributed by atoms with van der Waals surface area (Å²) in [5, 5.41) is 8.63. The summed E-state index contributed by atoms with van der Waals surface area (Å²) in [5.74, 6) is 0. The summed E-state index contributed by atoms with van der Waals surface area (Å²) >= 11 is 0. The van der Waals surface area contributed by atoms with Crippen molar-refractivity contribution in [2.45, 2.75) is 6.42 Å². The van der Waals surface area contributed by atoms with Gasteiger partial charge in [0.25, 0.3) is 0 Å². The highest BCUT2D eigenvalue weighted by atomic mass is 16.3. The molecule has 3 N–H and O–H groups in total. The van der Waals surface area contributed by atoms with Crippen LogP contribution in [-0.2, 0) is 0 Å². The predicted octanol–water partition coefficient (Wildman–Crippen LogP) is -3.22. The van der Waals surface area contributed by atoms with E-state index in [1.807, 2.05) is 0 Å². The predicted molar refractivity (Wildman–Crippen MR) is 43.9 cm³/mol. The first-order chi connectivity index (χ1) is 5.33. The molecule has 1 heterocycles. The second-order valence-electron chi connectivity index (χ2n) is 3.53. The summed E-state index contributed by atoms with van der Waals surface area (Å²) in [6.07, 6.45) is 0.967. The molecule has 3 heteroatoms. The van der Waals surface area contributed by atoms with E-state index in [2.05, 4.69) is 7.05 Å². The van der Waals surface area contributed by atoms with Crippen LogP contribution < -0.4 is 9.80 Å². The lowest BCUT2D eigenvalue weighted by Gasteiger charge is -2.26. The SMILES string of the molecule is C[NH+]1CC[NH+](CCCO)CC1. The normalized spacial score (nSPS) is 32.2. The fourth-order valence-corrected chi connectivity index (χ4v) is 1.61. The molecule has 0 bridgehead atoms. The largest absolute Gasteiger partial charge is 0.396 e. The third-order valence-electron chi connectivity index (χ3n) is 2.50. The van der Waals surface area contributed by atoms with Gasteiger partial charge < -0.3 is 14.9 Å². The first-order valence-corrected chi connectivity index (χ1v) is 4.58. The van der Waals surface area contributed by atoms with E-state index in [4.69, 9.17) is 5.11 Å². The maximum absolute atomic E-state index is 8.63. The fraction of sp³-hybridized carbons (Fsp3) is 1.00. The molecule has 0 aromatic heterocycles. The molecular formula is C8H20N2O+2. The van der Waals surface area contributed by atoms with Gasteiger partial charge in [-0.25, -0.2) is 0 Å². The van der Waals surface area contributed by atoms with Crippen molar-refractivity contribution >= 4 is 0 Å². The van der Waals surface area contributed by atoms with Gasteiger partial charge in [-0.15, -0.1) is 0 Å². The summed E-state index contributed by atoms with van der Waals surface area (Å²) in [7, 11) is 2.25. The van der Waals surface area contributed by atoms with Crippen molar-refractivity contribution < 1.29 is 14.9 Å². The van der Waals surface area contributed by atoms with Crippen LogP contribution in [0.1, 0.15) is 6.42 Å². The lowest BCUT2D eigenvalue weighted by atomic mass is 10.3. The Morgan fingerprint density at radius 2 is 1.82 bits per heavy atom. The first-order valence-electron chi connectivity index (χ1n) is 4.58. The van der Waals surface area contributed by atoms with Crippen molar-refractivity contribution in [1.29, 1.82) is 0 Å². The van der Waals surface area contributed by atoms with Crippen LogP contribution >= 0.6 is 0 Å². The van der Waals surface area contributed by atoms with Gasteiger partial charge in [-0.1, -0.05) is 0 Å². The highest BCUT2D eigenvalue weighted by Gasteiger charge is 2.18. The molecule has 3 nitrogen and oxygen atoms in total. The van der Waals surface area contributed by atoms with E-state index in [1.54, 1.807) is 9.80 Å². The first kappa shape index (κ1) is 8.97. The van der Waals surface area contributed by atoms with Crippen molar-refractivity contribution in [2.24, 2.45) is 0 Å². The summed E-state index contributed by atoms with van der Waals surface area (Å²) in [6, 6.07) is 0. The van der Waals surface area contributed by atoms with Crippen LogP contribution in [0.4, 0.5) is 0 Å². The molecule has 0 aromatic carbocycles. The maximum Gasteiger partial charge on any atom is 0.127 e. The minimum atomic E-state index is 0.353. The standard InChI is InChI=1S/C8H18N2O/c1-9-4-6-10(7-5-9)3-2-8-11/h11H,2-8H2,1H3/p+2. The number of aliphatic hydroxyl groups excluding tert-OH is 1. The molecular weight excluding hydrogens is 140 g/mol. The Hall–Kier alpha value is -0.120. The topological polar surface area (TPSA) is 29.1 Å². The molecule has 0 amide bonds. The highest BCUT2D eigenvalue weighted by molar-refractivity contribution is 4.37. The minimum Gasteiger partial charge on any atom is -0.396 e. The zero-order valence-electron chi connectivity index (χ0n) is 7.40. The number of likely N-dealkylation sites (N-methyl/N-ethyl adjacent to an activating group) is 1. The average molecular weight is 160 g/mol. The van der Waals surface area contributed by atoms with E-state index < -0.39 is 0 Å². The summed E-state index contributed by atoms with van der Waals surface area (Å²) in [5.41, 5.74) is 0. The van der Waals surface area contributed by atoms with Crippen molar-refractivity contribution in [3.63, 3.8) is 0 Å². The van der Waals surface area contributed by atoms with Gasteiger partial charge in [-0.05, 0) is 0 Å². The highest BCUT2D eigenvalue weighted by Crippen LogP contribution is 1.67. The van der Waals surface area contributed by atoms with Crippen molar-refractivity contribution in [3.8, 4) is 0 Å². The molecule has 0 saturated carbocycles. The number of rotatable bonds is 3. The summed E-state index contributed by atoms with van der Waals surface area (Å²) < 4.78 is 0. The van der Waals surface area contributed by atoms with Gasteiger partial charge in [-0.3, -0.25) is 0 Å². The third kappa shape index (κ3) is 3.18. The van der Waals surface area contributed by atoms with Crippen LogP contribution in [0.2, 0.25) is 0 Å². The summed E-state index contributed by atoms with van der Waals surface area (Å²) in [4.78, 5) is 3.32. The van der Waals surface area contributed by atoms with Gasteiger partial charge in [0.1, 0.15) is 26.2 Å². The summed E-state index contributed by atoms with van der Waals surface area (Å²) in [6.45, 7) is 6.66. The Kier molecular flexibility index (Phi) is 3.83. The zero-order chi connectivity index (χ0) is 8.10. The molecule has 0 unspecified atom stereocenters. The molecule has 1 rings (SSSR count). The van der Waals surface area contributed by atoms with Gasteiger partial charge in [-0.2, -0.15) is 0 Å². The van der Waals surface area contributed by atoms with Crippen molar-refractivity contribution in [3.05, 3.63) is 0 Å². The number of hydrogen-bond acceptors (Lipinski definition) is 1. The molecule has 0 aliphatic carbocycles. The molecule has 11 heavy (non-hydrogen) atoms. The smallest absolute Gasteiger partial charge is 0.127 e. The van der Waals surface area contributed by atoms with E-state index in [0.29, 0.717) is 6.61 Å².